The molecule has 0 aliphatic carbocycles. The maximum atomic E-state index is 13.1. The van der Waals surface area contributed by atoms with Crippen LogP contribution in [0.15, 0.2) is 41.3 Å². The molecule has 1 atom stereocenters. The summed E-state index contributed by atoms with van der Waals surface area (Å²) < 4.78 is 0. The Balaban J connectivity index is 1.67. The van der Waals surface area contributed by atoms with E-state index in [2.05, 4.69) is 24.4 Å². The molecule has 0 saturated heterocycles. The molecule has 2 aliphatic heterocycles. The largest absolute Gasteiger partial charge is 0.324 e. The van der Waals surface area contributed by atoms with E-state index in [9.17, 15) is 9.59 Å². The summed E-state index contributed by atoms with van der Waals surface area (Å²) in [5.74, 6) is -0.0219. The third-order valence-electron chi connectivity index (χ3n) is 4.76. The Morgan fingerprint density at radius 1 is 1.24 bits per heavy atom. The molecule has 0 unspecified atom stereocenters. The van der Waals surface area contributed by atoms with Crippen molar-refractivity contribution in [2.24, 2.45) is 0 Å². The van der Waals surface area contributed by atoms with E-state index in [1.165, 1.54) is 22.9 Å². The maximum absolute atomic E-state index is 13.1. The van der Waals surface area contributed by atoms with Gasteiger partial charge < -0.3 is 10.2 Å². The Hall–Kier alpha value is -2.27. The van der Waals surface area contributed by atoms with Crippen LogP contribution in [0.4, 0.5) is 11.4 Å². The zero-order valence-corrected chi connectivity index (χ0v) is 15.2. The van der Waals surface area contributed by atoms with Gasteiger partial charge in [0.15, 0.2) is 0 Å². The number of nitrogens with zero attached hydrogens (tertiary/aromatic N) is 1. The third-order valence-corrected chi connectivity index (χ3v) is 5.93. The average Bonchev–Trinajstić information content (AvgIpc) is 2.61. The standard InChI is InChI=1S/C20H20N2O2S/c1-12-5-7-17-14(10-12)4-3-9-22(17)20(24)15-6-8-18-16(11-15)21-19(23)13(2)25-18/h5-8,10-11,13H,3-4,9H2,1-2H3,(H,21,23)/t13-/m0/s1. The minimum absolute atomic E-state index is 0.00882. The Kier molecular flexibility index (Phi) is 4.04. The smallest absolute Gasteiger partial charge is 0.258 e. The minimum atomic E-state index is -0.105. The second-order valence-electron chi connectivity index (χ2n) is 6.65. The number of amides is 2. The zero-order chi connectivity index (χ0) is 17.6. The van der Waals surface area contributed by atoms with Crippen LogP contribution in [0.25, 0.3) is 0 Å². The van der Waals surface area contributed by atoms with Crippen LogP contribution in [-0.4, -0.2) is 23.6 Å². The molecule has 0 fully saturated rings. The lowest BCUT2D eigenvalue weighted by molar-refractivity contribution is -0.115. The van der Waals surface area contributed by atoms with Crippen molar-refractivity contribution in [1.29, 1.82) is 0 Å². The highest BCUT2D eigenvalue weighted by Gasteiger charge is 2.27. The lowest BCUT2D eigenvalue weighted by Gasteiger charge is -2.30. The van der Waals surface area contributed by atoms with Crippen LogP contribution in [0.1, 0.15) is 34.8 Å². The lowest BCUT2D eigenvalue weighted by atomic mass is 9.98. The fourth-order valence-electron chi connectivity index (χ4n) is 3.43. The summed E-state index contributed by atoms with van der Waals surface area (Å²) in [6.07, 6.45) is 1.98. The second-order valence-corrected chi connectivity index (χ2v) is 8.04. The Morgan fingerprint density at radius 2 is 2.08 bits per heavy atom. The molecule has 2 heterocycles. The van der Waals surface area contributed by atoms with E-state index in [-0.39, 0.29) is 17.1 Å². The van der Waals surface area contributed by atoms with Crippen LogP contribution in [0, 0.1) is 6.92 Å². The molecule has 5 heteroatoms. The Bertz CT molecular complexity index is 878. The number of benzene rings is 2. The summed E-state index contributed by atoms with van der Waals surface area (Å²) in [4.78, 5) is 27.9. The minimum Gasteiger partial charge on any atom is -0.324 e. The number of thioether (sulfide) groups is 1. The van der Waals surface area contributed by atoms with Gasteiger partial charge in [-0.1, -0.05) is 17.7 Å². The number of rotatable bonds is 1. The van der Waals surface area contributed by atoms with Crippen molar-refractivity contribution in [2.75, 3.05) is 16.8 Å². The molecule has 25 heavy (non-hydrogen) atoms. The predicted molar refractivity (Wildman–Crippen MR) is 102 cm³/mol. The second kappa shape index (κ2) is 6.23. The van der Waals surface area contributed by atoms with E-state index in [1.54, 1.807) is 6.07 Å². The lowest BCUT2D eigenvalue weighted by Crippen LogP contribution is -2.35. The van der Waals surface area contributed by atoms with Gasteiger partial charge in [-0.05, 0) is 56.5 Å². The number of carbonyl (C=O) groups is 2. The number of aryl methyl sites for hydroxylation is 2. The molecule has 0 saturated carbocycles. The molecule has 2 aromatic carbocycles. The van der Waals surface area contributed by atoms with Crippen molar-refractivity contribution in [3.63, 3.8) is 0 Å². The van der Waals surface area contributed by atoms with Crippen molar-refractivity contribution in [3.8, 4) is 0 Å². The van der Waals surface area contributed by atoms with Crippen molar-refractivity contribution < 1.29 is 9.59 Å². The molecule has 2 aromatic rings. The van der Waals surface area contributed by atoms with Crippen LogP contribution in [-0.2, 0) is 11.2 Å². The first-order valence-corrected chi connectivity index (χ1v) is 9.44. The number of carbonyl (C=O) groups excluding carboxylic acids is 2. The number of fused-ring (bicyclic) bond motifs is 2. The molecule has 0 aromatic heterocycles. The molecule has 4 rings (SSSR count). The molecule has 0 radical (unpaired) electrons. The molecule has 128 valence electrons. The Morgan fingerprint density at radius 3 is 2.92 bits per heavy atom. The Labute approximate surface area is 151 Å². The molecule has 0 bridgehead atoms. The van der Waals surface area contributed by atoms with Gasteiger partial charge in [0, 0.05) is 22.7 Å². The number of anilines is 2. The SMILES string of the molecule is Cc1ccc2c(c1)CCCN2C(=O)c1ccc2c(c1)NC(=O)[C@H](C)S2. The van der Waals surface area contributed by atoms with E-state index in [4.69, 9.17) is 0 Å². The first kappa shape index (κ1) is 16.2. The van der Waals surface area contributed by atoms with E-state index < -0.39 is 0 Å². The van der Waals surface area contributed by atoms with Crippen molar-refractivity contribution in [2.45, 2.75) is 36.8 Å². The van der Waals surface area contributed by atoms with Crippen LogP contribution in [0.5, 0.6) is 0 Å². The topological polar surface area (TPSA) is 49.4 Å². The summed E-state index contributed by atoms with van der Waals surface area (Å²) >= 11 is 1.53. The van der Waals surface area contributed by atoms with Gasteiger partial charge in [0.25, 0.3) is 5.91 Å². The monoisotopic (exact) mass is 352 g/mol. The van der Waals surface area contributed by atoms with Crippen molar-refractivity contribution >= 4 is 35.0 Å². The maximum Gasteiger partial charge on any atom is 0.258 e. The summed E-state index contributed by atoms with van der Waals surface area (Å²) in [6.45, 7) is 4.69. The van der Waals surface area contributed by atoms with Crippen LogP contribution >= 0.6 is 11.8 Å². The van der Waals surface area contributed by atoms with Gasteiger partial charge in [-0.2, -0.15) is 0 Å². The van der Waals surface area contributed by atoms with Gasteiger partial charge in [0.05, 0.1) is 10.9 Å². The van der Waals surface area contributed by atoms with E-state index in [0.717, 1.165) is 35.7 Å². The van der Waals surface area contributed by atoms with Crippen LogP contribution in [0.2, 0.25) is 0 Å². The van der Waals surface area contributed by atoms with Gasteiger partial charge >= 0.3 is 0 Å². The molecule has 0 spiro atoms. The van der Waals surface area contributed by atoms with Crippen LogP contribution < -0.4 is 10.2 Å². The fraction of sp³-hybridized carbons (Fsp3) is 0.300. The molecule has 1 N–H and O–H groups in total. The highest BCUT2D eigenvalue weighted by molar-refractivity contribution is 8.00. The predicted octanol–water partition coefficient (Wildman–Crippen LogP) is 4.02. The fourth-order valence-corrected chi connectivity index (χ4v) is 4.36. The normalized spacial score (nSPS) is 19.0. The average molecular weight is 352 g/mol. The number of hydrogen-bond acceptors (Lipinski definition) is 3. The molecular weight excluding hydrogens is 332 g/mol. The summed E-state index contributed by atoms with van der Waals surface area (Å²) in [5.41, 5.74) is 4.81. The summed E-state index contributed by atoms with van der Waals surface area (Å²) in [7, 11) is 0. The highest BCUT2D eigenvalue weighted by atomic mass is 32.2. The molecule has 4 nitrogen and oxygen atoms in total. The zero-order valence-electron chi connectivity index (χ0n) is 14.3. The number of nitrogens with one attached hydrogen (secondary N) is 1. The van der Waals surface area contributed by atoms with Gasteiger partial charge in [0.1, 0.15) is 0 Å². The summed E-state index contributed by atoms with van der Waals surface area (Å²) in [6, 6.07) is 11.9. The van der Waals surface area contributed by atoms with Crippen LogP contribution in [0.3, 0.4) is 0 Å². The van der Waals surface area contributed by atoms with Crippen molar-refractivity contribution in [1.82, 2.24) is 0 Å². The third kappa shape index (κ3) is 2.93. The van der Waals surface area contributed by atoms with E-state index in [0.29, 0.717) is 5.56 Å². The van der Waals surface area contributed by atoms with Gasteiger partial charge in [-0.3, -0.25) is 9.59 Å². The van der Waals surface area contributed by atoms with Gasteiger partial charge in [-0.25, -0.2) is 0 Å². The van der Waals surface area contributed by atoms with E-state index in [1.807, 2.05) is 30.0 Å². The molecule has 2 aliphatic rings. The first-order chi connectivity index (χ1) is 12.0. The quantitative estimate of drug-likeness (QED) is 0.843. The van der Waals surface area contributed by atoms with Crippen molar-refractivity contribution in [3.05, 3.63) is 53.1 Å². The first-order valence-electron chi connectivity index (χ1n) is 8.56. The van der Waals surface area contributed by atoms with E-state index >= 15 is 0 Å². The van der Waals surface area contributed by atoms with Gasteiger partial charge in [0.2, 0.25) is 5.91 Å². The highest BCUT2D eigenvalue weighted by Crippen LogP contribution is 2.37. The molecular formula is C20H20N2O2S. The van der Waals surface area contributed by atoms with Gasteiger partial charge in [-0.15, -0.1) is 11.8 Å². The number of hydrogen-bond donors (Lipinski definition) is 1. The molecule has 2 amide bonds. The summed E-state index contributed by atoms with van der Waals surface area (Å²) in [5, 5.41) is 2.80.